The van der Waals surface area contributed by atoms with Crippen molar-refractivity contribution in [1.82, 2.24) is 25.4 Å². The van der Waals surface area contributed by atoms with Crippen molar-refractivity contribution in [1.29, 1.82) is 0 Å². The molecule has 198 valence electrons. The number of halogens is 3. The molecule has 37 heavy (non-hydrogen) atoms. The van der Waals surface area contributed by atoms with Crippen molar-refractivity contribution in [2.45, 2.75) is 49.4 Å². The van der Waals surface area contributed by atoms with Gasteiger partial charge in [0, 0.05) is 39.6 Å². The highest BCUT2D eigenvalue weighted by Crippen LogP contribution is 2.48. The van der Waals surface area contributed by atoms with Crippen molar-refractivity contribution < 1.29 is 27.6 Å². The Balaban J connectivity index is 1.50. The third kappa shape index (κ3) is 6.20. The zero-order chi connectivity index (χ0) is 26.7. The first-order valence-corrected chi connectivity index (χ1v) is 12.1. The molecule has 8 nitrogen and oxygen atoms in total. The molecule has 2 N–H and O–H groups in total. The van der Waals surface area contributed by atoms with Crippen LogP contribution in [0.15, 0.2) is 48.7 Å². The van der Waals surface area contributed by atoms with Crippen molar-refractivity contribution in [3.63, 3.8) is 0 Å². The molecule has 0 radical (unpaired) electrons. The Morgan fingerprint density at radius 3 is 2.43 bits per heavy atom. The van der Waals surface area contributed by atoms with Crippen molar-refractivity contribution >= 4 is 17.8 Å². The van der Waals surface area contributed by atoms with E-state index in [1.54, 1.807) is 42.6 Å². The zero-order valence-electron chi connectivity index (χ0n) is 20.7. The predicted octanol–water partition coefficient (Wildman–Crippen LogP) is 3.01. The van der Waals surface area contributed by atoms with Crippen molar-refractivity contribution in [2.75, 3.05) is 27.2 Å². The van der Waals surface area contributed by atoms with Gasteiger partial charge in [0.05, 0.1) is 24.8 Å². The minimum atomic E-state index is -2.64. The lowest BCUT2D eigenvalue weighted by Crippen LogP contribution is -2.50. The van der Waals surface area contributed by atoms with E-state index in [1.807, 2.05) is 6.07 Å². The summed E-state index contributed by atoms with van der Waals surface area (Å²) >= 11 is 0. The fourth-order valence-corrected chi connectivity index (χ4v) is 4.66. The number of carbonyl (C=O) groups excluding carboxylic acids is 3. The minimum Gasteiger partial charge on any atom is -0.342 e. The zero-order valence-corrected chi connectivity index (χ0v) is 20.7. The molecule has 2 fully saturated rings. The number of aromatic nitrogens is 1. The van der Waals surface area contributed by atoms with Crippen LogP contribution in [0.3, 0.4) is 0 Å². The standard InChI is InChI=1S/C26H30F3N5O3/c1-33(2)25(37)31-14-22(35)34-15-19(27)10-21(34)24(36)32-23(16-6-4-3-5-7-16)20-9-8-17(13-30-20)18-11-26(28,29)12-18/h3-9,13,18-19,21,23H,10-12,14-15H2,1-2H3,(H,31,37)(H,32,36)/t19-,21+,23+/m1/s1. The number of rotatable bonds is 7. The molecule has 1 saturated carbocycles. The molecular formula is C26H30F3N5O3. The Morgan fingerprint density at radius 1 is 1.14 bits per heavy atom. The van der Waals surface area contributed by atoms with Gasteiger partial charge in [-0.2, -0.15) is 0 Å². The maximum absolute atomic E-state index is 14.3. The number of carbonyl (C=O) groups is 3. The molecule has 1 aromatic heterocycles. The van der Waals surface area contributed by atoms with Gasteiger partial charge in [0.1, 0.15) is 12.2 Å². The number of urea groups is 1. The van der Waals surface area contributed by atoms with Crippen LogP contribution in [-0.4, -0.2) is 78.0 Å². The van der Waals surface area contributed by atoms with Gasteiger partial charge in [-0.15, -0.1) is 0 Å². The first-order valence-electron chi connectivity index (χ1n) is 12.1. The fourth-order valence-electron chi connectivity index (χ4n) is 4.66. The third-order valence-electron chi connectivity index (χ3n) is 6.76. The van der Waals surface area contributed by atoms with Crippen LogP contribution in [0.5, 0.6) is 0 Å². The monoisotopic (exact) mass is 517 g/mol. The lowest BCUT2D eigenvalue weighted by atomic mass is 9.77. The summed E-state index contributed by atoms with van der Waals surface area (Å²) in [7, 11) is 3.05. The number of hydrogen-bond donors (Lipinski definition) is 2. The maximum atomic E-state index is 14.3. The highest BCUT2D eigenvalue weighted by Gasteiger charge is 2.46. The molecule has 1 aromatic carbocycles. The summed E-state index contributed by atoms with van der Waals surface area (Å²) in [6.45, 7) is -0.609. The summed E-state index contributed by atoms with van der Waals surface area (Å²) in [5, 5.41) is 5.33. The average Bonchev–Trinajstić information content (AvgIpc) is 3.26. The van der Waals surface area contributed by atoms with Gasteiger partial charge in [0.2, 0.25) is 17.7 Å². The first-order chi connectivity index (χ1) is 17.5. The summed E-state index contributed by atoms with van der Waals surface area (Å²) in [6.07, 6.45) is -0.413. The van der Waals surface area contributed by atoms with E-state index >= 15 is 0 Å². The number of benzene rings is 1. The second-order valence-electron chi connectivity index (χ2n) is 9.78. The molecule has 1 aliphatic carbocycles. The molecule has 1 saturated heterocycles. The predicted molar refractivity (Wildman–Crippen MR) is 130 cm³/mol. The summed E-state index contributed by atoms with van der Waals surface area (Å²) in [6, 6.07) is 10.2. The van der Waals surface area contributed by atoms with Gasteiger partial charge in [-0.05, 0) is 23.1 Å². The quantitative estimate of drug-likeness (QED) is 0.591. The van der Waals surface area contributed by atoms with Gasteiger partial charge in [-0.25, -0.2) is 18.0 Å². The van der Waals surface area contributed by atoms with E-state index in [1.165, 1.54) is 19.0 Å². The number of nitrogens with zero attached hydrogens (tertiary/aromatic N) is 3. The van der Waals surface area contributed by atoms with Gasteiger partial charge < -0.3 is 20.4 Å². The lowest BCUT2D eigenvalue weighted by Gasteiger charge is -2.35. The van der Waals surface area contributed by atoms with Crippen molar-refractivity contribution in [3.05, 3.63) is 65.5 Å². The van der Waals surface area contributed by atoms with Gasteiger partial charge in [-0.1, -0.05) is 36.4 Å². The maximum Gasteiger partial charge on any atom is 0.317 e. The van der Waals surface area contributed by atoms with Crippen molar-refractivity contribution in [2.24, 2.45) is 0 Å². The van der Waals surface area contributed by atoms with E-state index in [9.17, 15) is 27.6 Å². The third-order valence-corrected chi connectivity index (χ3v) is 6.76. The van der Waals surface area contributed by atoms with Crippen LogP contribution in [0.4, 0.5) is 18.0 Å². The molecule has 2 heterocycles. The first kappa shape index (κ1) is 26.4. The Hall–Kier alpha value is -3.63. The van der Waals surface area contributed by atoms with Crippen LogP contribution in [0.25, 0.3) is 0 Å². The number of amides is 4. The molecule has 4 rings (SSSR count). The molecule has 11 heteroatoms. The van der Waals surface area contributed by atoms with Crippen molar-refractivity contribution in [3.8, 4) is 0 Å². The normalized spacial score (nSPS) is 21.6. The molecule has 3 atom stereocenters. The molecule has 0 unspecified atom stereocenters. The Bertz CT molecular complexity index is 1120. The van der Waals surface area contributed by atoms with Gasteiger partial charge >= 0.3 is 6.03 Å². The smallest absolute Gasteiger partial charge is 0.317 e. The topological polar surface area (TPSA) is 94.6 Å². The fraction of sp³-hybridized carbons (Fsp3) is 0.462. The van der Waals surface area contributed by atoms with E-state index < -0.39 is 42.0 Å². The van der Waals surface area contributed by atoms with E-state index in [-0.39, 0.29) is 38.3 Å². The van der Waals surface area contributed by atoms with E-state index in [4.69, 9.17) is 0 Å². The second-order valence-corrected chi connectivity index (χ2v) is 9.78. The molecule has 1 aliphatic heterocycles. The van der Waals surface area contributed by atoms with Crippen LogP contribution in [-0.2, 0) is 9.59 Å². The number of likely N-dealkylation sites (tertiary alicyclic amines) is 1. The Kier molecular flexibility index (Phi) is 7.70. The number of pyridine rings is 1. The van der Waals surface area contributed by atoms with Crippen LogP contribution >= 0.6 is 0 Å². The molecule has 0 spiro atoms. The summed E-state index contributed by atoms with van der Waals surface area (Å²) < 4.78 is 40.9. The van der Waals surface area contributed by atoms with Gasteiger partial charge in [0.25, 0.3) is 0 Å². The summed E-state index contributed by atoms with van der Waals surface area (Å²) in [5.41, 5.74) is 1.91. The van der Waals surface area contributed by atoms with Gasteiger partial charge in [-0.3, -0.25) is 14.6 Å². The number of alkyl halides is 3. The largest absolute Gasteiger partial charge is 0.342 e. The van der Waals surface area contributed by atoms with Crippen LogP contribution in [0, 0.1) is 0 Å². The molecule has 2 aromatic rings. The summed E-state index contributed by atoms with van der Waals surface area (Å²) in [4.78, 5) is 44.7. The van der Waals surface area contributed by atoms with E-state index in [0.29, 0.717) is 11.3 Å². The van der Waals surface area contributed by atoms with Crippen LogP contribution in [0.1, 0.15) is 48.0 Å². The van der Waals surface area contributed by atoms with Crippen LogP contribution < -0.4 is 10.6 Å². The SMILES string of the molecule is CN(C)C(=O)NCC(=O)N1C[C@H](F)C[C@H]1C(=O)N[C@@H](c1ccccc1)c1ccc(C2CC(F)(F)C2)cn1. The Labute approximate surface area is 213 Å². The van der Waals surface area contributed by atoms with Crippen LogP contribution in [0.2, 0.25) is 0 Å². The lowest BCUT2D eigenvalue weighted by molar-refractivity contribution is -0.137. The molecular weight excluding hydrogens is 487 g/mol. The Morgan fingerprint density at radius 2 is 1.84 bits per heavy atom. The summed E-state index contributed by atoms with van der Waals surface area (Å²) in [5.74, 6) is -4.01. The highest BCUT2D eigenvalue weighted by molar-refractivity contribution is 5.91. The molecule has 0 bridgehead atoms. The average molecular weight is 518 g/mol. The molecule has 4 amide bonds. The highest BCUT2D eigenvalue weighted by atomic mass is 19.3. The molecule has 2 aliphatic rings. The van der Waals surface area contributed by atoms with Gasteiger partial charge in [0.15, 0.2) is 0 Å². The second kappa shape index (κ2) is 10.8. The number of hydrogen-bond acceptors (Lipinski definition) is 4. The number of nitrogens with one attached hydrogen (secondary N) is 2. The van der Waals surface area contributed by atoms with E-state index in [2.05, 4.69) is 15.6 Å². The van der Waals surface area contributed by atoms with E-state index in [0.717, 1.165) is 10.5 Å². The minimum absolute atomic E-state index is 0.164.